The first-order chi connectivity index (χ1) is 17.9. The summed E-state index contributed by atoms with van der Waals surface area (Å²) in [5.74, 6) is -1.28. The standard InChI is InChI=1S/C30H27FN2O4/c1-17-27(30(36)33-22-11-9-21(31)10-12-22)28(19-8-13-24(34)26(16-19)37-2)29-23(32-17)14-20(15-25(29)35)18-6-4-3-5-7-18/h3-13,16,20,28,32,34H,14-15H2,1-2H3,(H,33,36)/t20-,28-/m1/s1. The van der Waals surface area contributed by atoms with Gasteiger partial charge in [-0.3, -0.25) is 9.59 Å². The summed E-state index contributed by atoms with van der Waals surface area (Å²) in [7, 11) is 1.45. The fraction of sp³-hybridized carbons (Fsp3) is 0.200. The number of Topliss-reactive ketones (excluding diaryl/α,β-unsaturated/α-hetero) is 1. The molecule has 0 aromatic heterocycles. The van der Waals surface area contributed by atoms with E-state index in [0.717, 1.165) is 11.3 Å². The quantitative estimate of drug-likeness (QED) is 0.430. The SMILES string of the molecule is COc1cc([C@@H]2C(C(=O)Nc3ccc(F)cc3)=C(C)NC3=C2C(=O)C[C@H](c2ccccc2)C3)ccc1O. The molecule has 1 amide bonds. The molecule has 5 rings (SSSR count). The van der Waals surface area contributed by atoms with Gasteiger partial charge in [0.2, 0.25) is 0 Å². The van der Waals surface area contributed by atoms with Gasteiger partial charge in [0, 0.05) is 40.6 Å². The number of ketones is 1. The van der Waals surface area contributed by atoms with Gasteiger partial charge >= 0.3 is 0 Å². The molecule has 3 N–H and O–H groups in total. The summed E-state index contributed by atoms with van der Waals surface area (Å²) in [5, 5.41) is 16.4. The minimum absolute atomic E-state index is 0.0253. The number of phenolic OH excluding ortho intramolecular Hbond substituents is 1. The lowest BCUT2D eigenvalue weighted by Crippen LogP contribution is -2.37. The first-order valence-electron chi connectivity index (χ1n) is 12.1. The minimum atomic E-state index is -0.671. The lowest BCUT2D eigenvalue weighted by atomic mass is 9.71. The van der Waals surface area contributed by atoms with Crippen LogP contribution in [0.5, 0.6) is 11.5 Å². The van der Waals surface area contributed by atoms with E-state index in [0.29, 0.717) is 40.9 Å². The summed E-state index contributed by atoms with van der Waals surface area (Å²) in [6, 6.07) is 20.3. The Labute approximate surface area is 214 Å². The molecule has 37 heavy (non-hydrogen) atoms. The van der Waals surface area contributed by atoms with E-state index in [4.69, 9.17) is 4.74 Å². The van der Waals surface area contributed by atoms with E-state index in [2.05, 4.69) is 10.6 Å². The van der Waals surface area contributed by atoms with Gasteiger partial charge in [-0.25, -0.2) is 4.39 Å². The van der Waals surface area contributed by atoms with E-state index in [-0.39, 0.29) is 23.2 Å². The maximum atomic E-state index is 13.7. The smallest absolute Gasteiger partial charge is 0.254 e. The van der Waals surface area contributed by atoms with E-state index in [9.17, 15) is 19.1 Å². The average Bonchev–Trinajstić information content (AvgIpc) is 2.90. The third kappa shape index (κ3) is 4.72. The van der Waals surface area contributed by atoms with Crippen LogP contribution in [-0.2, 0) is 9.59 Å². The Hall–Kier alpha value is -4.39. The van der Waals surface area contributed by atoms with Crippen molar-refractivity contribution in [3.8, 4) is 11.5 Å². The van der Waals surface area contributed by atoms with Gasteiger partial charge in [-0.15, -0.1) is 0 Å². The van der Waals surface area contributed by atoms with Gasteiger partial charge in [0.05, 0.1) is 7.11 Å². The second kappa shape index (κ2) is 9.93. The molecule has 0 fully saturated rings. The van der Waals surface area contributed by atoms with E-state index < -0.39 is 17.6 Å². The zero-order valence-corrected chi connectivity index (χ0v) is 20.5. The van der Waals surface area contributed by atoms with Crippen LogP contribution in [0.25, 0.3) is 0 Å². The number of hydrogen-bond donors (Lipinski definition) is 3. The molecule has 0 bridgehead atoms. The molecule has 1 heterocycles. The Balaban J connectivity index is 1.59. The van der Waals surface area contributed by atoms with Gasteiger partial charge < -0.3 is 20.5 Å². The van der Waals surface area contributed by atoms with Crippen LogP contribution < -0.4 is 15.4 Å². The van der Waals surface area contributed by atoms with Gasteiger partial charge in [0.25, 0.3) is 5.91 Å². The maximum absolute atomic E-state index is 13.7. The van der Waals surface area contributed by atoms with E-state index in [1.807, 2.05) is 37.3 Å². The van der Waals surface area contributed by atoms with Crippen molar-refractivity contribution in [1.82, 2.24) is 5.32 Å². The number of rotatable bonds is 5. The van der Waals surface area contributed by atoms with Gasteiger partial charge in [-0.1, -0.05) is 36.4 Å². The third-order valence-electron chi connectivity index (χ3n) is 6.98. The first-order valence-corrected chi connectivity index (χ1v) is 12.1. The topological polar surface area (TPSA) is 87.7 Å². The number of amides is 1. The number of ether oxygens (including phenoxy) is 1. The second-order valence-corrected chi connectivity index (χ2v) is 9.32. The average molecular weight is 499 g/mol. The summed E-state index contributed by atoms with van der Waals surface area (Å²) < 4.78 is 18.7. The van der Waals surface area contributed by atoms with Crippen LogP contribution in [0.1, 0.15) is 42.7 Å². The minimum Gasteiger partial charge on any atom is -0.504 e. The van der Waals surface area contributed by atoms with E-state index >= 15 is 0 Å². The molecule has 7 heteroatoms. The fourth-order valence-corrected chi connectivity index (χ4v) is 5.24. The molecule has 6 nitrogen and oxygen atoms in total. The van der Waals surface area contributed by atoms with Crippen molar-refractivity contribution in [2.24, 2.45) is 0 Å². The van der Waals surface area contributed by atoms with Crippen LogP contribution in [0, 0.1) is 5.82 Å². The van der Waals surface area contributed by atoms with E-state index in [1.165, 1.54) is 37.4 Å². The molecule has 0 spiro atoms. The summed E-state index contributed by atoms with van der Waals surface area (Å²) in [6.07, 6.45) is 0.948. The van der Waals surface area contributed by atoms with Crippen LogP contribution in [0.4, 0.5) is 10.1 Å². The number of dihydropyridines is 1. The van der Waals surface area contributed by atoms with Crippen LogP contribution >= 0.6 is 0 Å². The zero-order chi connectivity index (χ0) is 26.1. The number of hydrogen-bond acceptors (Lipinski definition) is 5. The molecular formula is C30H27FN2O4. The second-order valence-electron chi connectivity index (χ2n) is 9.32. The molecule has 188 valence electrons. The lowest BCUT2D eigenvalue weighted by molar-refractivity contribution is -0.116. The molecule has 0 saturated heterocycles. The van der Waals surface area contributed by atoms with Gasteiger partial charge in [-0.05, 0) is 66.8 Å². The number of phenols is 1. The third-order valence-corrected chi connectivity index (χ3v) is 6.98. The number of carbonyl (C=O) groups is 2. The summed E-state index contributed by atoms with van der Waals surface area (Å²) in [6.45, 7) is 1.81. The van der Waals surface area contributed by atoms with Crippen molar-refractivity contribution in [1.29, 1.82) is 0 Å². The zero-order valence-electron chi connectivity index (χ0n) is 20.5. The van der Waals surface area contributed by atoms with Crippen molar-refractivity contribution in [2.75, 3.05) is 12.4 Å². The molecule has 0 unspecified atom stereocenters. The Morgan fingerprint density at radius 1 is 1.03 bits per heavy atom. The highest BCUT2D eigenvalue weighted by molar-refractivity contribution is 6.10. The highest BCUT2D eigenvalue weighted by atomic mass is 19.1. The normalized spacial score (nSPS) is 19.3. The summed E-state index contributed by atoms with van der Waals surface area (Å²) in [4.78, 5) is 27.3. The first kappa shape index (κ1) is 24.3. The molecule has 0 radical (unpaired) electrons. The predicted molar refractivity (Wildman–Crippen MR) is 139 cm³/mol. The van der Waals surface area contributed by atoms with Gasteiger partial charge in [0.1, 0.15) is 5.82 Å². The fourth-order valence-electron chi connectivity index (χ4n) is 5.24. The molecule has 0 saturated carbocycles. The molecule has 1 aliphatic heterocycles. The number of methoxy groups -OCH3 is 1. The van der Waals surface area contributed by atoms with Crippen molar-refractivity contribution in [3.63, 3.8) is 0 Å². The number of anilines is 1. The maximum Gasteiger partial charge on any atom is 0.254 e. The number of aromatic hydroxyl groups is 1. The molecule has 1 aliphatic carbocycles. The Morgan fingerprint density at radius 3 is 2.46 bits per heavy atom. The highest BCUT2D eigenvalue weighted by Gasteiger charge is 2.41. The Bertz CT molecular complexity index is 1430. The largest absolute Gasteiger partial charge is 0.504 e. The summed E-state index contributed by atoms with van der Waals surface area (Å²) in [5.41, 5.74) is 4.51. The lowest BCUT2D eigenvalue weighted by Gasteiger charge is -2.37. The van der Waals surface area contributed by atoms with Crippen LogP contribution in [0.15, 0.2) is 95.3 Å². The summed E-state index contributed by atoms with van der Waals surface area (Å²) >= 11 is 0. The Kier molecular flexibility index (Phi) is 6.53. The molecule has 2 aliphatic rings. The molecule has 2 atom stereocenters. The van der Waals surface area contributed by atoms with Gasteiger partial charge in [0.15, 0.2) is 17.3 Å². The highest BCUT2D eigenvalue weighted by Crippen LogP contribution is 2.46. The Morgan fingerprint density at radius 2 is 1.76 bits per heavy atom. The van der Waals surface area contributed by atoms with E-state index in [1.54, 1.807) is 12.1 Å². The number of benzene rings is 3. The van der Waals surface area contributed by atoms with Crippen LogP contribution in [-0.4, -0.2) is 23.9 Å². The number of allylic oxidation sites excluding steroid dienone is 3. The number of nitrogens with one attached hydrogen (secondary N) is 2. The van der Waals surface area contributed by atoms with Crippen molar-refractivity contribution < 1.29 is 23.8 Å². The van der Waals surface area contributed by atoms with Crippen LogP contribution in [0.2, 0.25) is 0 Å². The van der Waals surface area contributed by atoms with Crippen LogP contribution in [0.3, 0.4) is 0 Å². The van der Waals surface area contributed by atoms with Crippen molar-refractivity contribution in [3.05, 3.63) is 112 Å². The van der Waals surface area contributed by atoms with Crippen molar-refractivity contribution >= 4 is 17.4 Å². The van der Waals surface area contributed by atoms with Crippen molar-refractivity contribution in [2.45, 2.75) is 31.6 Å². The van der Waals surface area contributed by atoms with Gasteiger partial charge in [-0.2, -0.15) is 0 Å². The number of halogens is 1. The molecule has 3 aromatic carbocycles. The number of carbonyl (C=O) groups excluding carboxylic acids is 2. The molecular weight excluding hydrogens is 471 g/mol. The predicted octanol–water partition coefficient (Wildman–Crippen LogP) is 5.54. The monoisotopic (exact) mass is 498 g/mol. The molecule has 3 aromatic rings.